The van der Waals surface area contributed by atoms with E-state index in [1.54, 1.807) is 6.20 Å². The van der Waals surface area contributed by atoms with Crippen LogP contribution in [0.4, 0.5) is 5.82 Å². The molecule has 0 amide bonds. The molecule has 1 aliphatic heterocycles. The molecule has 1 unspecified atom stereocenters. The maximum atomic E-state index is 6.27. The van der Waals surface area contributed by atoms with Crippen LogP contribution in [0.2, 0.25) is 5.02 Å². The van der Waals surface area contributed by atoms with Crippen LogP contribution in [0.5, 0.6) is 0 Å². The lowest BCUT2D eigenvalue weighted by atomic mass is 9.80. The highest BCUT2D eigenvalue weighted by molar-refractivity contribution is 6.31. The van der Waals surface area contributed by atoms with E-state index in [9.17, 15) is 0 Å². The molecule has 1 fully saturated rings. The van der Waals surface area contributed by atoms with Crippen molar-refractivity contribution in [2.75, 3.05) is 18.0 Å². The molecule has 2 rings (SSSR count). The van der Waals surface area contributed by atoms with Crippen molar-refractivity contribution in [2.24, 2.45) is 11.3 Å². The summed E-state index contributed by atoms with van der Waals surface area (Å²) in [4.78, 5) is 6.92. The Bertz CT molecular complexity index is 479. The van der Waals surface area contributed by atoms with Crippen molar-refractivity contribution in [1.29, 1.82) is 0 Å². The average Bonchev–Trinajstić information content (AvgIpc) is 2.87. The van der Waals surface area contributed by atoms with E-state index in [-0.39, 0.29) is 0 Å². The minimum Gasteiger partial charge on any atom is -0.356 e. The third kappa shape index (κ3) is 4.33. The van der Waals surface area contributed by atoms with Crippen LogP contribution in [-0.2, 0) is 6.54 Å². The second-order valence-corrected chi connectivity index (χ2v) is 7.87. The van der Waals surface area contributed by atoms with Crippen LogP contribution in [-0.4, -0.2) is 24.1 Å². The van der Waals surface area contributed by atoms with E-state index >= 15 is 0 Å². The molecular formula is C17H28ClN3. The Morgan fingerprint density at radius 1 is 1.43 bits per heavy atom. The van der Waals surface area contributed by atoms with E-state index in [4.69, 9.17) is 11.6 Å². The number of aromatic nitrogens is 1. The smallest absolute Gasteiger partial charge is 0.128 e. The molecule has 1 aromatic rings. The molecule has 4 heteroatoms. The minimum atomic E-state index is 0.364. The van der Waals surface area contributed by atoms with Crippen molar-refractivity contribution < 1.29 is 0 Å². The first-order valence-corrected chi connectivity index (χ1v) is 8.28. The van der Waals surface area contributed by atoms with Gasteiger partial charge in [0.15, 0.2) is 0 Å². The fourth-order valence-corrected chi connectivity index (χ4v) is 2.94. The summed E-state index contributed by atoms with van der Waals surface area (Å²) in [6.45, 7) is 14.2. The molecule has 0 saturated carbocycles. The molecule has 1 atom stereocenters. The average molecular weight is 310 g/mol. The van der Waals surface area contributed by atoms with Crippen LogP contribution >= 0.6 is 11.6 Å². The number of nitrogens with one attached hydrogen (secondary N) is 1. The number of anilines is 1. The van der Waals surface area contributed by atoms with Crippen molar-refractivity contribution in [2.45, 2.75) is 53.6 Å². The van der Waals surface area contributed by atoms with Gasteiger partial charge in [-0.05, 0) is 29.4 Å². The molecule has 1 N–H and O–H groups in total. The summed E-state index contributed by atoms with van der Waals surface area (Å²) in [5.41, 5.74) is 1.50. The summed E-state index contributed by atoms with van der Waals surface area (Å²) < 4.78 is 0. The van der Waals surface area contributed by atoms with Gasteiger partial charge in [0, 0.05) is 31.9 Å². The molecule has 2 heterocycles. The van der Waals surface area contributed by atoms with Crippen molar-refractivity contribution in [3.63, 3.8) is 0 Å². The number of pyridine rings is 1. The highest BCUT2D eigenvalue weighted by Crippen LogP contribution is 2.35. The van der Waals surface area contributed by atoms with Crippen molar-refractivity contribution in [3.8, 4) is 0 Å². The lowest BCUT2D eigenvalue weighted by Crippen LogP contribution is -2.26. The third-order valence-electron chi connectivity index (χ3n) is 4.36. The number of rotatable bonds is 4. The highest BCUT2D eigenvalue weighted by Gasteiger charge is 2.32. The molecule has 0 bridgehead atoms. The van der Waals surface area contributed by atoms with Crippen molar-refractivity contribution in [3.05, 3.63) is 22.8 Å². The molecule has 1 saturated heterocycles. The SMILES string of the molecule is CC(C)NCc1cc(N2CCC(C(C)(C)C)C2)ncc1Cl. The lowest BCUT2D eigenvalue weighted by molar-refractivity contribution is 0.263. The molecule has 1 aliphatic rings. The quantitative estimate of drug-likeness (QED) is 0.907. The molecule has 0 aliphatic carbocycles. The zero-order valence-electron chi connectivity index (χ0n) is 13.9. The number of hydrogen-bond acceptors (Lipinski definition) is 3. The van der Waals surface area contributed by atoms with Gasteiger partial charge in [-0.15, -0.1) is 0 Å². The maximum Gasteiger partial charge on any atom is 0.128 e. The van der Waals surface area contributed by atoms with Gasteiger partial charge in [-0.25, -0.2) is 4.98 Å². The lowest BCUT2D eigenvalue weighted by Gasteiger charge is -2.27. The molecule has 1 aromatic heterocycles. The Morgan fingerprint density at radius 2 is 2.14 bits per heavy atom. The zero-order valence-corrected chi connectivity index (χ0v) is 14.7. The van der Waals surface area contributed by atoms with Crippen LogP contribution in [0.1, 0.15) is 46.6 Å². The van der Waals surface area contributed by atoms with Crippen LogP contribution < -0.4 is 10.2 Å². The van der Waals surface area contributed by atoms with Crippen molar-refractivity contribution >= 4 is 17.4 Å². The van der Waals surface area contributed by atoms with Gasteiger partial charge in [-0.2, -0.15) is 0 Å². The van der Waals surface area contributed by atoms with E-state index in [0.717, 1.165) is 42.0 Å². The summed E-state index contributed by atoms with van der Waals surface area (Å²) >= 11 is 6.27. The van der Waals surface area contributed by atoms with Gasteiger partial charge in [-0.3, -0.25) is 0 Å². The first-order chi connectivity index (χ1) is 9.77. The maximum absolute atomic E-state index is 6.27. The Kier molecular flexibility index (Phi) is 5.15. The minimum absolute atomic E-state index is 0.364. The Labute approximate surface area is 134 Å². The van der Waals surface area contributed by atoms with Crippen LogP contribution in [0.3, 0.4) is 0 Å². The van der Waals surface area contributed by atoms with E-state index in [0.29, 0.717) is 11.5 Å². The number of halogens is 1. The zero-order chi connectivity index (χ0) is 15.6. The van der Waals surface area contributed by atoms with Crippen LogP contribution in [0.15, 0.2) is 12.3 Å². The predicted molar refractivity (Wildman–Crippen MR) is 91.0 cm³/mol. The molecule has 0 radical (unpaired) electrons. The molecule has 118 valence electrons. The van der Waals surface area contributed by atoms with Gasteiger partial charge in [0.05, 0.1) is 5.02 Å². The topological polar surface area (TPSA) is 28.2 Å². The summed E-state index contributed by atoms with van der Waals surface area (Å²) in [5, 5.41) is 4.17. The van der Waals surface area contributed by atoms with Gasteiger partial charge < -0.3 is 10.2 Å². The highest BCUT2D eigenvalue weighted by atomic mass is 35.5. The van der Waals surface area contributed by atoms with E-state index < -0.39 is 0 Å². The summed E-state index contributed by atoms with van der Waals surface area (Å²) in [6.07, 6.45) is 3.03. The van der Waals surface area contributed by atoms with Gasteiger partial charge in [-0.1, -0.05) is 46.2 Å². The standard InChI is InChI=1S/C17H28ClN3/c1-12(2)19-9-13-8-16(20-10-15(13)18)21-7-6-14(11-21)17(3,4)5/h8,10,12,14,19H,6-7,9,11H2,1-5H3. The second-order valence-electron chi connectivity index (χ2n) is 7.47. The molecule has 21 heavy (non-hydrogen) atoms. The molecule has 3 nitrogen and oxygen atoms in total. The Morgan fingerprint density at radius 3 is 2.71 bits per heavy atom. The normalized spacial score (nSPS) is 19.6. The largest absolute Gasteiger partial charge is 0.356 e. The fraction of sp³-hybridized carbons (Fsp3) is 0.706. The molecular weight excluding hydrogens is 282 g/mol. The number of nitrogens with zero attached hydrogens (tertiary/aromatic N) is 2. The first-order valence-electron chi connectivity index (χ1n) is 7.90. The van der Waals surface area contributed by atoms with E-state index in [1.807, 2.05) is 0 Å². The van der Waals surface area contributed by atoms with E-state index in [1.165, 1.54) is 6.42 Å². The summed E-state index contributed by atoms with van der Waals surface area (Å²) in [6, 6.07) is 2.60. The monoisotopic (exact) mass is 309 g/mol. The predicted octanol–water partition coefficient (Wildman–Crippen LogP) is 4.11. The fourth-order valence-electron chi connectivity index (χ4n) is 2.77. The van der Waals surface area contributed by atoms with Gasteiger partial charge in [0.25, 0.3) is 0 Å². The van der Waals surface area contributed by atoms with Crippen LogP contribution in [0, 0.1) is 11.3 Å². The van der Waals surface area contributed by atoms with Gasteiger partial charge in [0.1, 0.15) is 5.82 Å². The van der Waals surface area contributed by atoms with Gasteiger partial charge >= 0.3 is 0 Å². The third-order valence-corrected chi connectivity index (χ3v) is 4.70. The van der Waals surface area contributed by atoms with Crippen LogP contribution in [0.25, 0.3) is 0 Å². The van der Waals surface area contributed by atoms with Gasteiger partial charge in [0.2, 0.25) is 0 Å². The number of hydrogen-bond donors (Lipinski definition) is 1. The summed E-state index contributed by atoms with van der Waals surface area (Å²) in [5.74, 6) is 1.79. The van der Waals surface area contributed by atoms with Crippen molar-refractivity contribution in [1.82, 2.24) is 10.3 Å². The van der Waals surface area contributed by atoms with E-state index in [2.05, 4.69) is 55.9 Å². The Balaban J connectivity index is 2.09. The first kappa shape index (κ1) is 16.6. The Hall–Kier alpha value is -0.800. The molecule has 0 spiro atoms. The second kappa shape index (κ2) is 6.53. The summed E-state index contributed by atoms with van der Waals surface area (Å²) in [7, 11) is 0. The molecule has 0 aromatic carbocycles.